The quantitative estimate of drug-likeness (QED) is 0.632. The molecule has 1 saturated carbocycles. The Morgan fingerprint density at radius 1 is 1.30 bits per heavy atom. The molecular weight excluding hydrogens is 454 g/mol. The van der Waals surface area contributed by atoms with E-state index in [0.29, 0.717) is 19.6 Å². The summed E-state index contributed by atoms with van der Waals surface area (Å²) < 4.78 is 55.6. The van der Waals surface area contributed by atoms with Crippen molar-refractivity contribution in [3.8, 4) is 0 Å². The monoisotopic (exact) mass is 482 g/mol. The van der Waals surface area contributed by atoms with Crippen LogP contribution in [0.2, 0.25) is 0 Å². The average molecular weight is 483 g/mol. The summed E-state index contributed by atoms with van der Waals surface area (Å²) in [5.74, 6) is 0.815. The standard InChI is InChI=1S/C20H28F2N8O2S/c1-26(11-15-4-8-29(27(15)2)12-17(21)22)33(31,32)30-10-9-28(13-20(30)5-6-20)19-16-3-7-23-18(16)24-14-25-19/h3-4,7-8,14-15,17H,5-6,9-13H2,1-2H3,(H,23,24,25). The van der Waals surface area contributed by atoms with Gasteiger partial charge in [-0.2, -0.15) is 17.0 Å². The van der Waals surface area contributed by atoms with Gasteiger partial charge >= 0.3 is 0 Å². The summed E-state index contributed by atoms with van der Waals surface area (Å²) in [7, 11) is -0.471. The Morgan fingerprint density at radius 3 is 2.82 bits per heavy atom. The van der Waals surface area contributed by atoms with Crippen molar-refractivity contribution in [3.05, 3.63) is 30.9 Å². The Labute approximate surface area is 191 Å². The second kappa shape index (κ2) is 8.15. The van der Waals surface area contributed by atoms with Gasteiger partial charge in [-0.05, 0) is 25.0 Å². The topological polar surface area (TPSA) is 91.9 Å². The molecule has 1 unspecified atom stereocenters. The normalized spacial score (nSPS) is 23.6. The molecule has 0 bridgehead atoms. The van der Waals surface area contributed by atoms with Crippen LogP contribution in [0.3, 0.4) is 0 Å². The van der Waals surface area contributed by atoms with E-state index in [0.717, 1.165) is 29.7 Å². The number of hydrogen-bond donors (Lipinski definition) is 1. The van der Waals surface area contributed by atoms with Crippen LogP contribution in [-0.4, -0.2) is 107 Å². The Hall–Kier alpha value is -2.35. The van der Waals surface area contributed by atoms with Crippen LogP contribution in [0.5, 0.6) is 0 Å². The minimum atomic E-state index is -3.72. The molecule has 1 N–H and O–H groups in total. The van der Waals surface area contributed by atoms with Crippen LogP contribution in [0.15, 0.2) is 30.9 Å². The predicted molar refractivity (Wildman–Crippen MR) is 120 cm³/mol. The van der Waals surface area contributed by atoms with E-state index in [9.17, 15) is 17.2 Å². The smallest absolute Gasteiger partial charge is 0.282 e. The second-order valence-electron chi connectivity index (χ2n) is 8.94. The number of H-pyrrole nitrogens is 1. The van der Waals surface area contributed by atoms with E-state index >= 15 is 0 Å². The van der Waals surface area contributed by atoms with Crippen LogP contribution >= 0.6 is 0 Å². The highest BCUT2D eigenvalue weighted by molar-refractivity contribution is 7.86. The van der Waals surface area contributed by atoms with Crippen molar-refractivity contribution in [2.75, 3.05) is 51.7 Å². The van der Waals surface area contributed by atoms with E-state index in [2.05, 4.69) is 19.9 Å². The third kappa shape index (κ3) is 3.96. The van der Waals surface area contributed by atoms with Crippen molar-refractivity contribution in [1.82, 2.24) is 33.6 Å². The summed E-state index contributed by atoms with van der Waals surface area (Å²) in [5.41, 5.74) is 0.312. The summed E-state index contributed by atoms with van der Waals surface area (Å²) in [6, 6.07) is 1.63. The number of alkyl halides is 2. The summed E-state index contributed by atoms with van der Waals surface area (Å²) in [6.07, 6.45) is 5.81. The molecule has 2 aromatic rings. The first-order valence-corrected chi connectivity index (χ1v) is 12.3. The van der Waals surface area contributed by atoms with Gasteiger partial charge < -0.3 is 14.9 Å². The first-order valence-electron chi connectivity index (χ1n) is 10.9. The van der Waals surface area contributed by atoms with Crippen molar-refractivity contribution in [2.24, 2.45) is 0 Å². The van der Waals surface area contributed by atoms with Crippen LogP contribution in [-0.2, 0) is 10.2 Å². The zero-order chi connectivity index (χ0) is 23.4. The predicted octanol–water partition coefficient (Wildman–Crippen LogP) is 1.10. The molecule has 13 heteroatoms. The van der Waals surface area contributed by atoms with Crippen LogP contribution < -0.4 is 4.90 Å². The number of aromatic nitrogens is 3. The number of hydrazine groups is 1. The highest BCUT2D eigenvalue weighted by Crippen LogP contribution is 2.47. The number of halogens is 2. The highest BCUT2D eigenvalue weighted by Gasteiger charge is 2.57. The van der Waals surface area contributed by atoms with Gasteiger partial charge in [-0.3, -0.25) is 0 Å². The zero-order valence-electron chi connectivity index (χ0n) is 18.6. The van der Waals surface area contributed by atoms with Crippen molar-refractivity contribution in [3.63, 3.8) is 0 Å². The van der Waals surface area contributed by atoms with Gasteiger partial charge in [0.25, 0.3) is 16.6 Å². The molecular formula is C20H28F2N8O2S. The molecule has 0 aromatic carbocycles. The number of aromatic amines is 1. The number of hydrogen-bond acceptors (Lipinski definition) is 7. The third-order valence-electron chi connectivity index (χ3n) is 6.85. The maximum Gasteiger partial charge on any atom is 0.282 e. The Morgan fingerprint density at radius 2 is 2.09 bits per heavy atom. The van der Waals surface area contributed by atoms with Crippen LogP contribution in [0.1, 0.15) is 12.8 Å². The van der Waals surface area contributed by atoms with Crippen molar-refractivity contribution >= 4 is 27.1 Å². The minimum Gasteiger partial charge on any atom is -0.353 e. The fraction of sp³-hybridized carbons (Fsp3) is 0.600. The lowest BCUT2D eigenvalue weighted by Crippen LogP contribution is -2.60. The van der Waals surface area contributed by atoms with Crippen LogP contribution in [0.25, 0.3) is 11.0 Å². The molecule has 180 valence electrons. The lowest BCUT2D eigenvalue weighted by Gasteiger charge is -2.43. The van der Waals surface area contributed by atoms with Gasteiger partial charge in [-0.15, -0.1) is 0 Å². The number of likely N-dealkylation sites (N-methyl/N-ethyl adjacent to an activating group) is 2. The molecule has 1 atom stereocenters. The zero-order valence-corrected chi connectivity index (χ0v) is 19.4. The molecule has 33 heavy (non-hydrogen) atoms. The van der Waals surface area contributed by atoms with E-state index in [4.69, 9.17) is 0 Å². The van der Waals surface area contributed by atoms with E-state index in [1.54, 1.807) is 35.7 Å². The van der Waals surface area contributed by atoms with Gasteiger partial charge in [0.2, 0.25) is 0 Å². The lowest BCUT2D eigenvalue weighted by atomic mass is 10.2. The number of rotatable bonds is 7. The molecule has 3 aliphatic rings. The lowest BCUT2D eigenvalue weighted by molar-refractivity contribution is -0.00872. The Balaban J connectivity index is 1.29. The summed E-state index contributed by atoms with van der Waals surface area (Å²) in [4.78, 5) is 13.9. The van der Waals surface area contributed by atoms with Crippen molar-refractivity contribution in [2.45, 2.75) is 30.8 Å². The molecule has 10 nitrogen and oxygen atoms in total. The van der Waals surface area contributed by atoms with E-state index in [1.807, 2.05) is 12.3 Å². The Kier molecular flexibility index (Phi) is 5.54. The molecule has 0 radical (unpaired) electrons. The van der Waals surface area contributed by atoms with E-state index in [-0.39, 0.29) is 12.6 Å². The van der Waals surface area contributed by atoms with Crippen LogP contribution in [0, 0.1) is 0 Å². The van der Waals surface area contributed by atoms with Crippen molar-refractivity contribution in [1.29, 1.82) is 0 Å². The minimum absolute atomic E-state index is 0.182. The molecule has 1 saturated heterocycles. The van der Waals surface area contributed by atoms with Gasteiger partial charge in [0.05, 0.1) is 23.5 Å². The molecule has 1 aliphatic carbocycles. The summed E-state index contributed by atoms with van der Waals surface area (Å²) in [5, 5.41) is 3.99. The van der Waals surface area contributed by atoms with Crippen molar-refractivity contribution < 1.29 is 17.2 Å². The van der Waals surface area contributed by atoms with E-state index in [1.165, 1.54) is 15.6 Å². The highest BCUT2D eigenvalue weighted by atomic mass is 32.2. The van der Waals surface area contributed by atoms with Gasteiger partial charge in [-0.1, -0.05) is 0 Å². The first kappa shape index (κ1) is 22.4. The van der Waals surface area contributed by atoms with E-state index < -0.39 is 28.7 Å². The SMILES string of the molecule is CN1C(CN(C)S(=O)(=O)N2CCN(c3ncnc4[nH]ccc34)CC23CC3)C=CN1CC(F)F. The number of nitrogens with zero attached hydrogens (tertiary/aromatic N) is 7. The summed E-state index contributed by atoms with van der Waals surface area (Å²) in [6.45, 7) is 1.22. The second-order valence-corrected chi connectivity index (χ2v) is 10.9. The average Bonchev–Trinajstić information content (AvgIpc) is 3.20. The van der Waals surface area contributed by atoms with Gasteiger partial charge in [0.1, 0.15) is 17.8 Å². The summed E-state index contributed by atoms with van der Waals surface area (Å²) >= 11 is 0. The molecule has 2 aliphatic heterocycles. The number of anilines is 1. The molecule has 5 rings (SSSR count). The van der Waals surface area contributed by atoms with Gasteiger partial charge in [0, 0.05) is 52.7 Å². The molecule has 4 heterocycles. The largest absolute Gasteiger partial charge is 0.353 e. The third-order valence-corrected chi connectivity index (χ3v) is 8.92. The number of piperazine rings is 1. The maximum absolute atomic E-state index is 13.5. The number of fused-ring (bicyclic) bond motifs is 1. The number of nitrogens with one attached hydrogen (secondary N) is 1. The Bertz CT molecular complexity index is 1150. The van der Waals surface area contributed by atoms with Crippen LogP contribution in [0.4, 0.5) is 14.6 Å². The molecule has 0 amide bonds. The molecule has 2 aromatic heterocycles. The van der Waals surface area contributed by atoms with Gasteiger partial charge in [0.15, 0.2) is 0 Å². The maximum atomic E-state index is 13.5. The fourth-order valence-corrected chi connectivity index (χ4v) is 6.54. The molecule has 2 fully saturated rings. The fourth-order valence-electron chi connectivity index (χ4n) is 4.82. The van der Waals surface area contributed by atoms with Gasteiger partial charge in [-0.25, -0.2) is 23.8 Å². The molecule has 1 spiro atoms. The first-order chi connectivity index (χ1) is 15.7.